The van der Waals surface area contributed by atoms with Gasteiger partial charge in [0.15, 0.2) is 0 Å². The van der Waals surface area contributed by atoms with Gasteiger partial charge < -0.3 is 5.73 Å². The Labute approximate surface area is 130 Å². The summed E-state index contributed by atoms with van der Waals surface area (Å²) in [6.45, 7) is 0.709. The Morgan fingerprint density at radius 2 is 1.70 bits per heavy atom. The maximum Gasteiger partial charge on any atom is 0.0438 e. The first kappa shape index (κ1) is 15.4. The first-order valence-electron chi connectivity index (χ1n) is 6.91. The third-order valence-corrected chi connectivity index (χ3v) is 4.75. The maximum absolute atomic E-state index is 6.21. The van der Waals surface area contributed by atoms with Crippen LogP contribution in [-0.4, -0.2) is 12.3 Å². The Morgan fingerprint density at radius 1 is 1.00 bits per heavy atom. The van der Waals surface area contributed by atoms with Crippen LogP contribution in [0.25, 0.3) is 0 Å². The minimum absolute atomic E-state index is 0.492. The third kappa shape index (κ3) is 4.86. The van der Waals surface area contributed by atoms with E-state index in [1.807, 2.05) is 36.0 Å². The molecule has 0 aromatic heterocycles. The molecule has 0 bridgehead atoms. The van der Waals surface area contributed by atoms with Crippen molar-refractivity contribution in [2.75, 3.05) is 12.3 Å². The van der Waals surface area contributed by atoms with Gasteiger partial charge in [0.25, 0.3) is 0 Å². The van der Waals surface area contributed by atoms with E-state index in [0.29, 0.717) is 12.5 Å². The highest BCUT2D eigenvalue weighted by atomic mass is 35.5. The van der Waals surface area contributed by atoms with Gasteiger partial charge in [-0.2, -0.15) is 0 Å². The van der Waals surface area contributed by atoms with Crippen molar-refractivity contribution in [1.82, 2.24) is 0 Å². The Balaban J connectivity index is 1.82. The molecule has 0 saturated carbocycles. The predicted octanol–water partition coefficient (Wildman–Crippen LogP) is 4.64. The normalized spacial score (nSPS) is 12.3. The summed E-state index contributed by atoms with van der Waals surface area (Å²) >= 11 is 8.10. The van der Waals surface area contributed by atoms with Gasteiger partial charge in [-0.3, -0.25) is 0 Å². The number of nitrogens with two attached hydrogens (primary N) is 1. The van der Waals surface area contributed by atoms with Crippen LogP contribution in [0.5, 0.6) is 0 Å². The van der Waals surface area contributed by atoms with Crippen LogP contribution in [0.15, 0.2) is 59.5 Å². The summed E-state index contributed by atoms with van der Waals surface area (Å²) in [5, 5.41) is 0.849. The summed E-state index contributed by atoms with van der Waals surface area (Å²) in [7, 11) is 0. The lowest BCUT2D eigenvalue weighted by Gasteiger charge is -2.15. The fourth-order valence-corrected chi connectivity index (χ4v) is 3.39. The van der Waals surface area contributed by atoms with Crippen LogP contribution in [0.2, 0.25) is 5.02 Å². The Hall–Kier alpha value is -0.960. The van der Waals surface area contributed by atoms with E-state index >= 15 is 0 Å². The minimum Gasteiger partial charge on any atom is -0.330 e. The summed E-state index contributed by atoms with van der Waals surface area (Å²) in [6, 6.07) is 18.5. The molecule has 3 heteroatoms. The molecular formula is C17H20ClNS. The van der Waals surface area contributed by atoms with Crippen LogP contribution in [0.4, 0.5) is 0 Å². The molecule has 0 heterocycles. The van der Waals surface area contributed by atoms with E-state index in [1.54, 1.807) is 0 Å². The highest BCUT2D eigenvalue weighted by Gasteiger charge is 2.10. The van der Waals surface area contributed by atoms with E-state index in [4.69, 9.17) is 17.3 Å². The van der Waals surface area contributed by atoms with Crippen molar-refractivity contribution in [3.8, 4) is 0 Å². The molecule has 2 N–H and O–H groups in total. The molecule has 1 nitrogen and oxygen atoms in total. The Bertz CT molecular complexity index is 515. The zero-order valence-electron chi connectivity index (χ0n) is 11.5. The van der Waals surface area contributed by atoms with Crippen molar-refractivity contribution in [2.24, 2.45) is 11.7 Å². The third-order valence-electron chi connectivity index (χ3n) is 3.34. The van der Waals surface area contributed by atoms with Crippen LogP contribution >= 0.6 is 23.4 Å². The monoisotopic (exact) mass is 305 g/mol. The van der Waals surface area contributed by atoms with Gasteiger partial charge in [-0.1, -0.05) is 48.0 Å². The lowest BCUT2D eigenvalue weighted by atomic mass is 9.97. The van der Waals surface area contributed by atoms with Crippen molar-refractivity contribution in [3.05, 3.63) is 65.2 Å². The van der Waals surface area contributed by atoms with Crippen molar-refractivity contribution in [1.29, 1.82) is 0 Å². The summed E-state index contributed by atoms with van der Waals surface area (Å²) in [6.07, 6.45) is 2.08. The second-order valence-electron chi connectivity index (χ2n) is 4.85. The maximum atomic E-state index is 6.21. The second-order valence-corrected chi connectivity index (χ2v) is 6.42. The van der Waals surface area contributed by atoms with Gasteiger partial charge in [0.1, 0.15) is 0 Å². The van der Waals surface area contributed by atoms with Gasteiger partial charge in [-0.25, -0.2) is 0 Å². The molecule has 2 aromatic carbocycles. The molecular weight excluding hydrogens is 286 g/mol. The topological polar surface area (TPSA) is 26.0 Å². The lowest BCUT2D eigenvalue weighted by molar-refractivity contribution is 0.523. The molecule has 106 valence electrons. The van der Waals surface area contributed by atoms with Crippen LogP contribution in [0.1, 0.15) is 12.0 Å². The minimum atomic E-state index is 0.492. The quantitative estimate of drug-likeness (QED) is 0.754. The van der Waals surface area contributed by atoms with Crippen LogP contribution in [-0.2, 0) is 6.42 Å². The molecule has 1 atom stereocenters. The first-order chi connectivity index (χ1) is 9.79. The SMILES string of the molecule is NCC(CCSc1ccccc1)Cc1ccccc1Cl. The summed E-state index contributed by atoms with van der Waals surface area (Å²) in [4.78, 5) is 1.32. The number of benzene rings is 2. The highest BCUT2D eigenvalue weighted by molar-refractivity contribution is 7.99. The summed E-state index contributed by atoms with van der Waals surface area (Å²) in [5.74, 6) is 1.59. The fraction of sp³-hybridized carbons (Fsp3) is 0.294. The van der Waals surface area contributed by atoms with E-state index in [-0.39, 0.29) is 0 Å². The summed E-state index contributed by atoms with van der Waals surface area (Å²) in [5.41, 5.74) is 7.10. The van der Waals surface area contributed by atoms with Gasteiger partial charge in [-0.05, 0) is 54.8 Å². The zero-order valence-corrected chi connectivity index (χ0v) is 13.0. The molecule has 1 unspecified atom stereocenters. The zero-order chi connectivity index (χ0) is 14.2. The highest BCUT2D eigenvalue weighted by Crippen LogP contribution is 2.23. The van der Waals surface area contributed by atoms with E-state index in [1.165, 1.54) is 10.5 Å². The number of rotatable bonds is 7. The van der Waals surface area contributed by atoms with Gasteiger partial charge >= 0.3 is 0 Å². The average molecular weight is 306 g/mol. The molecule has 0 aliphatic carbocycles. The van der Waals surface area contributed by atoms with Crippen molar-refractivity contribution >= 4 is 23.4 Å². The Morgan fingerprint density at radius 3 is 2.40 bits per heavy atom. The van der Waals surface area contributed by atoms with Crippen LogP contribution < -0.4 is 5.73 Å². The molecule has 20 heavy (non-hydrogen) atoms. The van der Waals surface area contributed by atoms with E-state index < -0.39 is 0 Å². The van der Waals surface area contributed by atoms with E-state index in [0.717, 1.165) is 23.6 Å². The average Bonchev–Trinajstić information content (AvgIpc) is 2.49. The fourth-order valence-electron chi connectivity index (χ4n) is 2.14. The van der Waals surface area contributed by atoms with Crippen LogP contribution in [0.3, 0.4) is 0 Å². The number of halogens is 1. The molecule has 0 aliphatic heterocycles. The number of hydrogen-bond donors (Lipinski definition) is 1. The molecule has 0 saturated heterocycles. The molecule has 0 spiro atoms. The first-order valence-corrected chi connectivity index (χ1v) is 8.27. The number of hydrogen-bond acceptors (Lipinski definition) is 2. The van der Waals surface area contributed by atoms with Gasteiger partial charge in [-0.15, -0.1) is 11.8 Å². The molecule has 2 rings (SSSR count). The summed E-state index contributed by atoms with van der Waals surface area (Å²) < 4.78 is 0. The largest absolute Gasteiger partial charge is 0.330 e. The molecule has 0 fully saturated rings. The van der Waals surface area contributed by atoms with E-state index in [9.17, 15) is 0 Å². The molecule has 0 radical (unpaired) electrons. The second kappa shape index (κ2) is 8.35. The molecule has 0 amide bonds. The van der Waals surface area contributed by atoms with Gasteiger partial charge in [0.2, 0.25) is 0 Å². The van der Waals surface area contributed by atoms with Crippen molar-refractivity contribution < 1.29 is 0 Å². The lowest BCUT2D eigenvalue weighted by Crippen LogP contribution is -2.17. The van der Waals surface area contributed by atoms with Crippen molar-refractivity contribution in [2.45, 2.75) is 17.7 Å². The Kier molecular flexibility index (Phi) is 6.44. The predicted molar refractivity (Wildman–Crippen MR) is 89.5 cm³/mol. The van der Waals surface area contributed by atoms with Crippen LogP contribution in [0, 0.1) is 5.92 Å². The van der Waals surface area contributed by atoms with Crippen molar-refractivity contribution in [3.63, 3.8) is 0 Å². The number of thioether (sulfide) groups is 1. The smallest absolute Gasteiger partial charge is 0.0438 e. The van der Waals surface area contributed by atoms with E-state index in [2.05, 4.69) is 30.3 Å². The van der Waals surface area contributed by atoms with Gasteiger partial charge in [0.05, 0.1) is 0 Å². The van der Waals surface area contributed by atoms with Gasteiger partial charge in [0, 0.05) is 9.92 Å². The molecule has 0 aliphatic rings. The molecule has 2 aromatic rings. The standard InChI is InChI=1S/C17H20ClNS/c18-17-9-5-4-6-15(17)12-14(13-19)10-11-20-16-7-2-1-3-8-16/h1-9,14H,10-13,19H2.